The third kappa shape index (κ3) is 5.32. The maximum absolute atomic E-state index is 3.56. The van der Waals surface area contributed by atoms with Gasteiger partial charge in [0, 0.05) is 19.2 Å². The van der Waals surface area contributed by atoms with Crippen LogP contribution in [0.15, 0.2) is 44.7 Å². The summed E-state index contributed by atoms with van der Waals surface area (Å²) in [6.45, 7) is 4.26. The zero-order chi connectivity index (χ0) is 14.4. The first kappa shape index (κ1) is 16.2. The summed E-state index contributed by atoms with van der Waals surface area (Å²) in [5.74, 6) is 0.634. The van der Waals surface area contributed by atoms with Crippen LogP contribution < -0.4 is 5.32 Å². The molecule has 1 nitrogen and oxygen atoms in total. The molecule has 0 fully saturated rings. The highest BCUT2D eigenvalue weighted by Gasteiger charge is 2.12. The van der Waals surface area contributed by atoms with Gasteiger partial charge in [0.15, 0.2) is 0 Å². The zero-order valence-corrected chi connectivity index (χ0v) is 15.5. The van der Waals surface area contributed by atoms with Gasteiger partial charge >= 0.3 is 0 Å². The molecule has 0 spiro atoms. The Bertz CT molecular complexity index is 539. The van der Waals surface area contributed by atoms with Crippen LogP contribution in [0.1, 0.15) is 17.4 Å². The lowest BCUT2D eigenvalue weighted by Crippen LogP contribution is -2.25. The molecule has 0 aliphatic heterocycles. The summed E-state index contributed by atoms with van der Waals surface area (Å²) in [7, 11) is 0. The van der Waals surface area contributed by atoms with E-state index in [-0.39, 0.29) is 0 Å². The molecule has 1 heterocycles. The monoisotopic (exact) mass is 415 g/mol. The van der Waals surface area contributed by atoms with Crippen LogP contribution in [0.2, 0.25) is 0 Å². The third-order valence-electron chi connectivity index (χ3n) is 3.21. The van der Waals surface area contributed by atoms with Crippen LogP contribution >= 0.6 is 43.2 Å². The quantitative estimate of drug-likeness (QED) is 0.646. The average Bonchev–Trinajstić information content (AvgIpc) is 2.81. The summed E-state index contributed by atoms with van der Waals surface area (Å²) >= 11 is 8.94. The number of hydrogen-bond acceptors (Lipinski definition) is 2. The van der Waals surface area contributed by atoms with Crippen molar-refractivity contribution < 1.29 is 0 Å². The lowest BCUT2D eigenvalue weighted by atomic mass is 9.95. The van der Waals surface area contributed by atoms with Gasteiger partial charge < -0.3 is 5.32 Å². The Balaban J connectivity index is 2.02. The van der Waals surface area contributed by atoms with Crippen LogP contribution in [0, 0.1) is 5.92 Å². The number of hydrogen-bond donors (Lipinski definition) is 1. The predicted octanol–water partition coefficient (Wildman–Crippen LogP) is 5.28. The van der Waals surface area contributed by atoms with Gasteiger partial charge in [-0.1, -0.05) is 35.0 Å². The fourth-order valence-corrected chi connectivity index (χ4v) is 4.32. The van der Waals surface area contributed by atoms with Crippen molar-refractivity contribution in [2.24, 2.45) is 5.92 Å². The maximum atomic E-state index is 3.56. The maximum Gasteiger partial charge on any atom is 0.0285 e. The summed E-state index contributed by atoms with van der Waals surface area (Å²) in [4.78, 5) is 1.45. The summed E-state index contributed by atoms with van der Waals surface area (Å²) in [6, 6.07) is 10.9. The fourth-order valence-electron chi connectivity index (χ4n) is 2.31. The number of nitrogens with one attached hydrogen (secondary N) is 1. The van der Waals surface area contributed by atoms with Gasteiger partial charge in [0.2, 0.25) is 0 Å². The Morgan fingerprint density at radius 2 is 2.00 bits per heavy atom. The lowest BCUT2D eigenvalue weighted by molar-refractivity contribution is 0.481. The molecule has 0 saturated carbocycles. The molecular weight excluding hydrogens is 398 g/mol. The highest BCUT2D eigenvalue weighted by molar-refractivity contribution is 9.10. The molecule has 108 valence electrons. The van der Waals surface area contributed by atoms with E-state index in [4.69, 9.17) is 0 Å². The summed E-state index contributed by atoms with van der Waals surface area (Å²) < 4.78 is 2.36. The SMILES string of the molecule is CCNCC(Cc1cccc(Br)c1)Cc1cc(Br)cs1. The van der Waals surface area contributed by atoms with Crippen molar-refractivity contribution in [3.8, 4) is 0 Å². The van der Waals surface area contributed by atoms with Gasteiger partial charge in [-0.05, 0) is 71.5 Å². The van der Waals surface area contributed by atoms with Crippen molar-refractivity contribution in [2.75, 3.05) is 13.1 Å². The molecule has 1 unspecified atom stereocenters. The van der Waals surface area contributed by atoms with Gasteiger partial charge in [-0.15, -0.1) is 11.3 Å². The van der Waals surface area contributed by atoms with Crippen LogP contribution in [0.3, 0.4) is 0 Å². The van der Waals surface area contributed by atoms with E-state index in [2.05, 4.69) is 79.8 Å². The van der Waals surface area contributed by atoms with Crippen molar-refractivity contribution in [2.45, 2.75) is 19.8 Å². The molecule has 1 aromatic heterocycles. The Kier molecular flexibility index (Phi) is 6.75. The van der Waals surface area contributed by atoms with Crippen molar-refractivity contribution in [1.29, 1.82) is 0 Å². The first-order chi connectivity index (χ1) is 9.67. The van der Waals surface area contributed by atoms with E-state index in [0.717, 1.165) is 30.4 Å². The minimum atomic E-state index is 0.634. The van der Waals surface area contributed by atoms with Gasteiger partial charge in [-0.3, -0.25) is 0 Å². The molecule has 0 amide bonds. The summed E-state index contributed by atoms with van der Waals surface area (Å²) in [5.41, 5.74) is 1.40. The second-order valence-corrected chi connectivity index (χ2v) is 7.77. The van der Waals surface area contributed by atoms with Crippen LogP contribution in [-0.2, 0) is 12.8 Å². The fraction of sp³-hybridized carbons (Fsp3) is 0.375. The van der Waals surface area contributed by atoms with Gasteiger partial charge in [0.05, 0.1) is 0 Å². The second-order valence-electron chi connectivity index (χ2n) is 4.94. The molecule has 1 N–H and O–H groups in total. The van der Waals surface area contributed by atoms with Crippen molar-refractivity contribution in [3.63, 3.8) is 0 Å². The molecule has 2 aromatic rings. The summed E-state index contributed by atoms with van der Waals surface area (Å²) in [5, 5.41) is 5.66. The largest absolute Gasteiger partial charge is 0.317 e. The average molecular weight is 417 g/mol. The predicted molar refractivity (Wildman–Crippen MR) is 95.6 cm³/mol. The molecule has 0 aliphatic carbocycles. The standard InChI is InChI=1S/C16H19Br2NS/c1-2-19-10-13(8-16-9-15(18)11-20-16)6-12-4-3-5-14(17)7-12/h3-5,7,9,11,13,19H,2,6,8,10H2,1H3. The highest BCUT2D eigenvalue weighted by atomic mass is 79.9. The zero-order valence-electron chi connectivity index (χ0n) is 11.5. The highest BCUT2D eigenvalue weighted by Crippen LogP contribution is 2.24. The first-order valence-electron chi connectivity index (χ1n) is 6.85. The van der Waals surface area contributed by atoms with Crippen LogP contribution in [0.4, 0.5) is 0 Å². The van der Waals surface area contributed by atoms with Gasteiger partial charge in [0.1, 0.15) is 0 Å². The van der Waals surface area contributed by atoms with Crippen molar-refractivity contribution in [3.05, 3.63) is 55.1 Å². The molecule has 0 aliphatic rings. The Labute approximate surface area is 142 Å². The topological polar surface area (TPSA) is 12.0 Å². The van der Waals surface area contributed by atoms with Crippen molar-refractivity contribution >= 4 is 43.2 Å². The third-order valence-corrected chi connectivity index (χ3v) is 5.42. The molecule has 0 radical (unpaired) electrons. The lowest BCUT2D eigenvalue weighted by Gasteiger charge is -2.17. The van der Waals surface area contributed by atoms with Crippen LogP contribution in [0.5, 0.6) is 0 Å². The van der Waals surface area contributed by atoms with E-state index in [0.29, 0.717) is 5.92 Å². The minimum absolute atomic E-state index is 0.634. The normalized spacial score (nSPS) is 12.6. The molecule has 20 heavy (non-hydrogen) atoms. The van der Waals surface area contributed by atoms with E-state index in [1.807, 2.05) is 11.3 Å². The van der Waals surface area contributed by atoms with Gasteiger partial charge in [0.25, 0.3) is 0 Å². The number of rotatable bonds is 7. The second kappa shape index (κ2) is 8.32. The molecular formula is C16H19Br2NS. The van der Waals surface area contributed by atoms with Gasteiger partial charge in [-0.2, -0.15) is 0 Å². The van der Waals surface area contributed by atoms with Crippen LogP contribution in [-0.4, -0.2) is 13.1 Å². The van der Waals surface area contributed by atoms with E-state index in [1.165, 1.54) is 14.9 Å². The number of benzene rings is 1. The van der Waals surface area contributed by atoms with Crippen LogP contribution in [0.25, 0.3) is 0 Å². The molecule has 1 atom stereocenters. The van der Waals surface area contributed by atoms with E-state index in [9.17, 15) is 0 Å². The molecule has 4 heteroatoms. The number of halogens is 2. The smallest absolute Gasteiger partial charge is 0.0285 e. The molecule has 0 saturated heterocycles. The Morgan fingerprint density at radius 1 is 1.15 bits per heavy atom. The Hall–Kier alpha value is -0.160. The molecule has 0 bridgehead atoms. The van der Waals surface area contributed by atoms with E-state index in [1.54, 1.807) is 0 Å². The first-order valence-corrected chi connectivity index (χ1v) is 9.32. The molecule has 2 rings (SSSR count). The van der Waals surface area contributed by atoms with Crippen molar-refractivity contribution in [1.82, 2.24) is 5.32 Å². The van der Waals surface area contributed by atoms with E-state index >= 15 is 0 Å². The minimum Gasteiger partial charge on any atom is -0.317 e. The number of thiophene rings is 1. The van der Waals surface area contributed by atoms with E-state index < -0.39 is 0 Å². The molecule has 1 aromatic carbocycles. The van der Waals surface area contributed by atoms with Gasteiger partial charge in [-0.25, -0.2) is 0 Å². The summed E-state index contributed by atoms with van der Waals surface area (Å²) in [6.07, 6.45) is 2.25. The Morgan fingerprint density at radius 3 is 2.65 bits per heavy atom.